The van der Waals surface area contributed by atoms with E-state index >= 15 is 0 Å². The molecule has 3 N–H and O–H groups in total. The normalized spacial score (nSPS) is 12.8. The van der Waals surface area contributed by atoms with Crippen LogP contribution < -0.4 is 10.5 Å². The molecule has 5 nitrogen and oxygen atoms in total. The first-order chi connectivity index (χ1) is 11.0. The molecule has 0 heterocycles. The summed E-state index contributed by atoms with van der Waals surface area (Å²) in [6.07, 6.45) is 0.742. The number of nitrogens with two attached hydrogens (primary N) is 1. The highest BCUT2D eigenvalue weighted by Gasteiger charge is 2.35. The summed E-state index contributed by atoms with van der Waals surface area (Å²) in [4.78, 5) is 25.4. The molecule has 0 spiro atoms. The molecule has 1 aliphatic rings. The van der Waals surface area contributed by atoms with Gasteiger partial charge in [0.25, 0.3) is 0 Å². The van der Waals surface area contributed by atoms with E-state index in [1.54, 1.807) is 0 Å². The third-order valence-corrected chi connectivity index (χ3v) is 3.93. The highest BCUT2D eigenvalue weighted by Crippen LogP contribution is 2.41. The number of rotatable bonds is 3. The van der Waals surface area contributed by atoms with E-state index in [9.17, 15) is 14.7 Å². The lowest BCUT2D eigenvalue weighted by Crippen LogP contribution is -2.23. The minimum atomic E-state index is -0.483. The first-order valence-electron chi connectivity index (χ1n) is 7.12. The van der Waals surface area contributed by atoms with Crippen LogP contribution in [-0.2, 0) is 0 Å². The van der Waals surface area contributed by atoms with Gasteiger partial charge >= 0.3 is 0 Å². The third-order valence-electron chi connectivity index (χ3n) is 3.70. The molecule has 0 atom stereocenters. The second-order valence-electron chi connectivity index (χ2n) is 5.25. The van der Waals surface area contributed by atoms with Crippen molar-refractivity contribution in [1.82, 2.24) is 0 Å². The lowest BCUT2D eigenvalue weighted by atomic mass is 9.82. The standard InChI is InChI=1S/C17H14ClNO4/c1-2-5-23-12-7-11(20)13-14(15(12)19)16(21)9-4-3-8(18)6-10(9)17(13)22/h3-4,6-7,20H,2,5,19H2,1H3. The lowest BCUT2D eigenvalue weighted by molar-refractivity contribution is 0.0977. The monoisotopic (exact) mass is 331 g/mol. The van der Waals surface area contributed by atoms with Gasteiger partial charge in [0.2, 0.25) is 0 Å². The molecule has 118 valence electrons. The molecule has 2 aromatic rings. The van der Waals surface area contributed by atoms with Gasteiger partial charge in [0.1, 0.15) is 11.5 Å². The van der Waals surface area contributed by atoms with Crippen molar-refractivity contribution in [2.75, 3.05) is 12.3 Å². The number of carbonyl (C=O) groups is 2. The Labute approximate surface area is 137 Å². The van der Waals surface area contributed by atoms with E-state index in [-0.39, 0.29) is 39.4 Å². The minimum Gasteiger partial charge on any atom is -0.507 e. The lowest BCUT2D eigenvalue weighted by Gasteiger charge is -2.21. The zero-order valence-corrected chi connectivity index (χ0v) is 13.1. The van der Waals surface area contributed by atoms with E-state index in [1.807, 2.05) is 6.92 Å². The summed E-state index contributed by atoms with van der Waals surface area (Å²) in [5.41, 5.74) is 6.33. The first kappa shape index (κ1) is 15.4. The number of hydrogen-bond acceptors (Lipinski definition) is 5. The number of aromatic hydroxyl groups is 1. The van der Waals surface area contributed by atoms with Crippen molar-refractivity contribution in [2.45, 2.75) is 13.3 Å². The van der Waals surface area contributed by atoms with Gasteiger partial charge in [-0.05, 0) is 24.6 Å². The predicted molar refractivity (Wildman–Crippen MR) is 86.6 cm³/mol. The highest BCUT2D eigenvalue weighted by atomic mass is 35.5. The van der Waals surface area contributed by atoms with E-state index in [0.717, 1.165) is 6.42 Å². The Balaban J connectivity index is 2.24. The summed E-state index contributed by atoms with van der Waals surface area (Å²) < 4.78 is 5.45. The van der Waals surface area contributed by atoms with Gasteiger partial charge in [0.15, 0.2) is 11.6 Å². The van der Waals surface area contributed by atoms with E-state index in [2.05, 4.69) is 0 Å². The van der Waals surface area contributed by atoms with E-state index in [4.69, 9.17) is 22.1 Å². The average molecular weight is 332 g/mol. The van der Waals surface area contributed by atoms with Crippen LogP contribution in [-0.4, -0.2) is 23.3 Å². The summed E-state index contributed by atoms with van der Waals surface area (Å²) in [5, 5.41) is 10.5. The number of fused-ring (bicyclic) bond motifs is 2. The molecule has 3 rings (SSSR count). The number of anilines is 1. The third kappa shape index (κ3) is 2.33. The van der Waals surface area contributed by atoms with Crippen LogP contribution >= 0.6 is 11.6 Å². The second-order valence-corrected chi connectivity index (χ2v) is 5.69. The maximum atomic E-state index is 12.7. The van der Waals surface area contributed by atoms with E-state index in [0.29, 0.717) is 11.6 Å². The van der Waals surface area contributed by atoms with Crippen LogP contribution in [0.25, 0.3) is 0 Å². The first-order valence-corrected chi connectivity index (χ1v) is 7.50. The van der Waals surface area contributed by atoms with Gasteiger partial charge in [-0.15, -0.1) is 0 Å². The van der Waals surface area contributed by atoms with Crippen molar-refractivity contribution in [3.05, 3.63) is 51.5 Å². The Morgan fingerprint density at radius 3 is 2.52 bits per heavy atom. The number of hydrogen-bond donors (Lipinski definition) is 2. The molecule has 0 saturated heterocycles. The van der Waals surface area contributed by atoms with Gasteiger partial charge in [-0.1, -0.05) is 18.5 Å². The summed E-state index contributed by atoms with van der Waals surface area (Å²) in [7, 11) is 0. The van der Waals surface area contributed by atoms with E-state index < -0.39 is 11.6 Å². The van der Waals surface area contributed by atoms with E-state index in [1.165, 1.54) is 24.3 Å². The number of phenols is 1. The molecule has 0 aromatic heterocycles. The SMILES string of the molecule is CCCOc1cc(O)c2c(c1N)C(=O)c1ccc(Cl)cc1C2=O. The highest BCUT2D eigenvalue weighted by molar-refractivity contribution is 6.34. The predicted octanol–water partition coefficient (Wildman–Crippen LogP) is 3.19. The van der Waals surface area contributed by atoms with Gasteiger partial charge in [0, 0.05) is 22.2 Å². The van der Waals surface area contributed by atoms with Gasteiger partial charge < -0.3 is 15.6 Å². The van der Waals surface area contributed by atoms with Gasteiger partial charge in [-0.3, -0.25) is 9.59 Å². The fraction of sp³-hybridized carbons (Fsp3) is 0.176. The molecule has 0 saturated carbocycles. The number of carbonyl (C=O) groups excluding carboxylic acids is 2. The van der Waals surface area contributed by atoms with Crippen LogP contribution in [0.1, 0.15) is 45.2 Å². The van der Waals surface area contributed by atoms with Crippen LogP contribution in [0.15, 0.2) is 24.3 Å². The Bertz CT molecular complexity index is 845. The average Bonchev–Trinajstić information content (AvgIpc) is 2.52. The molecule has 23 heavy (non-hydrogen) atoms. The minimum absolute atomic E-state index is 0.0177. The van der Waals surface area contributed by atoms with Gasteiger partial charge in [-0.25, -0.2) is 0 Å². The molecule has 0 bridgehead atoms. The fourth-order valence-electron chi connectivity index (χ4n) is 2.63. The molecule has 1 aliphatic carbocycles. The number of phenolic OH excluding ortho intramolecular Hbond substituents is 1. The molecule has 6 heteroatoms. The molecule has 0 fully saturated rings. The fourth-order valence-corrected chi connectivity index (χ4v) is 2.80. The molecular weight excluding hydrogens is 318 g/mol. The van der Waals surface area contributed by atoms with Crippen LogP contribution in [0.4, 0.5) is 5.69 Å². The summed E-state index contributed by atoms with van der Waals surface area (Å²) in [6, 6.07) is 5.70. The Hall–Kier alpha value is -2.53. The number of nitrogen functional groups attached to an aromatic ring is 1. The summed E-state index contributed by atoms with van der Waals surface area (Å²) in [5.74, 6) is -1.05. The smallest absolute Gasteiger partial charge is 0.198 e. The zero-order valence-electron chi connectivity index (χ0n) is 12.4. The van der Waals surface area contributed by atoms with Crippen molar-refractivity contribution in [1.29, 1.82) is 0 Å². The maximum absolute atomic E-state index is 12.7. The van der Waals surface area contributed by atoms with Crippen molar-refractivity contribution >= 4 is 28.9 Å². The quantitative estimate of drug-likeness (QED) is 0.568. The van der Waals surface area contributed by atoms with Crippen molar-refractivity contribution in [3.63, 3.8) is 0 Å². The van der Waals surface area contributed by atoms with Gasteiger partial charge in [-0.2, -0.15) is 0 Å². The van der Waals surface area contributed by atoms with Crippen molar-refractivity contribution < 1.29 is 19.4 Å². The topological polar surface area (TPSA) is 89.6 Å². The number of halogens is 1. The van der Waals surface area contributed by atoms with Crippen molar-refractivity contribution in [3.8, 4) is 11.5 Å². The molecule has 0 aliphatic heterocycles. The second kappa shape index (κ2) is 5.59. The largest absolute Gasteiger partial charge is 0.507 e. The molecule has 0 unspecified atom stereocenters. The molecule has 2 aromatic carbocycles. The summed E-state index contributed by atoms with van der Waals surface area (Å²) >= 11 is 5.90. The van der Waals surface area contributed by atoms with Gasteiger partial charge in [0.05, 0.1) is 23.4 Å². The van der Waals surface area contributed by atoms with Crippen LogP contribution in [0, 0.1) is 0 Å². The number of benzene rings is 2. The Morgan fingerprint density at radius 2 is 1.83 bits per heavy atom. The summed E-state index contributed by atoms with van der Waals surface area (Å²) in [6.45, 7) is 2.31. The van der Waals surface area contributed by atoms with Crippen LogP contribution in [0.5, 0.6) is 11.5 Å². The molecule has 0 amide bonds. The number of ether oxygens (including phenoxy) is 1. The molecule has 0 radical (unpaired) electrons. The number of ketones is 2. The Morgan fingerprint density at radius 1 is 1.13 bits per heavy atom. The van der Waals surface area contributed by atoms with Crippen LogP contribution in [0.2, 0.25) is 5.02 Å². The van der Waals surface area contributed by atoms with Crippen molar-refractivity contribution in [2.24, 2.45) is 0 Å². The van der Waals surface area contributed by atoms with Crippen LogP contribution in [0.3, 0.4) is 0 Å². The molecular formula is C17H14ClNO4. The zero-order chi connectivity index (χ0) is 16.7. The maximum Gasteiger partial charge on any atom is 0.198 e. The Kier molecular flexibility index (Phi) is 3.74.